The van der Waals surface area contributed by atoms with Crippen LogP contribution in [0.4, 0.5) is 5.69 Å². The molecular formula is C11H13BrN2O3. The van der Waals surface area contributed by atoms with Crippen LogP contribution >= 0.6 is 15.9 Å². The summed E-state index contributed by atoms with van der Waals surface area (Å²) in [6, 6.07) is 3.80. The molecule has 0 saturated carbocycles. The maximum atomic E-state index is 11.5. The Morgan fingerprint density at radius 1 is 1.53 bits per heavy atom. The van der Waals surface area contributed by atoms with Gasteiger partial charge in [0.1, 0.15) is 0 Å². The van der Waals surface area contributed by atoms with Crippen LogP contribution in [0.25, 0.3) is 0 Å². The molecule has 0 heterocycles. The SMILES string of the molecule is CCC(N)C(=O)Nc1ccc(C(=O)O)cc1Br. The maximum Gasteiger partial charge on any atom is 0.335 e. The molecule has 1 aromatic carbocycles. The van der Waals surface area contributed by atoms with Crippen LogP contribution in [0.1, 0.15) is 23.7 Å². The zero-order valence-corrected chi connectivity index (χ0v) is 10.8. The Balaban J connectivity index is 2.86. The second-order valence-corrected chi connectivity index (χ2v) is 4.36. The number of carbonyl (C=O) groups excluding carboxylic acids is 1. The van der Waals surface area contributed by atoms with E-state index in [0.717, 1.165) is 0 Å². The van der Waals surface area contributed by atoms with E-state index in [4.69, 9.17) is 10.8 Å². The Morgan fingerprint density at radius 3 is 2.65 bits per heavy atom. The van der Waals surface area contributed by atoms with Crippen molar-refractivity contribution in [3.63, 3.8) is 0 Å². The Morgan fingerprint density at radius 2 is 2.18 bits per heavy atom. The van der Waals surface area contributed by atoms with Gasteiger partial charge in [-0.3, -0.25) is 4.79 Å². The van der Waals surface area contributed by atoms with Gasteiger partial charge in [0.25, 0.3) is 0 Å². The number of carboxylic acids is 1. The fourth-order valence-corrected chi connectivity index (χ4v) is 1.64. The summed E-state index contributed by atoms with van der Waals surface area (Å²) in [5, 5.41) is 11.4. The quantitative estimate of drug-likeness (QED) is 0.791. The topological polar surface area (TPSA) is 92.4 Å². The third-order valence-corrected chi connectivity index (χ3v) is 2.91. The van der Waals surface area contributed by atoms with E-state index >= 15 is 0 Å². The summed E-state index contributed by atoms with van der Waals surface area (Å²) in [7, 11) is 0. The molecule has 0 aliphatic carbocycles. The molecule has 0 fully saturated rings. The monoisotopic (exact) mass is 300 g/mol. The highest BCUT2D eigenvalue weighted by atomic mass is 79.9. The fraction of sp³-hybridized carbons (Fsp3) is 0.273. The number of benzene rings is 1. The van der Waals surface area contributed by atoms with Gasteiger partial charge in [-0.05, 0) is 40.5 Å². The lowest BCUT2D eigenvalue weighted by Crippen LogP contribution is -2.34. The Labute approximate surface area is 107 Å². The van der Waals surface area contributed by atoms with Crippen molar-refractivity contribution >= 4 is 33.5 Å². The molecule has 0 spiro atoms. The van der Waals surface area contributed by atoms with Gasteiger partial charge in [0.15, 0.2) is 0 Å². The smallest absolute Gasteiger partial charge is 0.335 e. The molecule has 92 valence electrons. The number of nitrogens with one attached hydrogen (secondary N) is 1. The van der Waals surface area contributed by atoms with E-state index in [2.05, 4.69) is 21.2 Å². The summed E-state index contributed by atoms with van der Waals surface area (Å²) >= 11 is 3.20. The molecule has 0 aliphatic heterocycles. The van der Waals surface area contributed by atoms with E-state index in [1.807, 2.05) is 6.92 Å². The van der Waals surface area contributed by atoms with Crippen LogP contribution in [0.5, 0.6) is 0 Å². The molecule has 6 heteroatoms. The fourth-order valence-electron chi connectivity index (χ4n) is 1.16. The van der Waals surface area contributed by atoms with Crippen LogP contribution in [-0.4, -0.2) is 23.0 Å². The van der Waals surface area contributed by atoms with Crippen molar-refractivity contribution in [2.75, 3.05) is 5.32 Å². The van der Waals surface area contributed by atoms with Crippen LogP contribution in [0, 0.1) is 0 Å². The third kappa shape index (κ3) is 3.54. The highest BCUT2D eigenvalue weighted by molar-refractivity contribution is 9.10. The number of hydrogen-bond donors (Lipinski definition) is 3. The lowest BCUT2D eigenvalue weighted by atomic mass is 10.2. The molecule has 1 rings (SSSR count). The van der Waals surface area contributed by atoms with Gasteiger partial charge in [-0.25, -0.2) is 4.79 Å². The van der Waals surface area contributed by atoms with E-state index in [-0.39, 0.29) is 11.5 Å². The number of aromatic carboxylic acids is 1. The summed E-state index contributed by atoms with van der Waals surface area (Å²) in [4.78, 5) is 22.3. The van der Waals surface area contributed by atoms with Crippen LogP contribution in [0.15, 0.2) is 22.7 Å². The van der Waals surface area contributed by atoms with Crippen molar-refractivity contribution in [2.45, 2.75) is 19.4 Å². The van der Waals surface area contributed by atoms with Crippen molar-refractivity contribution < 1.29 is 14.7 Å². The molecule has 1 aromatic rings. The number of halogens is 1. The molecule has 1 unspecified atom stereocenters. The van der Waals surface area contributed by atoms with Gasteiger partial charge >= 0.3 is 5.97 Å². The van der Waals surface area contributed by atoms with Gasteiger partial charge in [0, 0.05) is 4.47 Å². The minimum Gasteiger partial charge on any atom is -0.478 e. The van der Waals surface area contributed by atoms with Crippen molar-refractivity contribution in [2.24, 2.45) is 5.73 Å². The normalized spacial score (nSPS) is 11.9. The van der Waals surface area contributed by atoms with E-state index in [1.54, 1.807) is 0 Å². The zero-order valence-electron chi connectivity index (χ0n) is 9.24. The van der Waals surface area contributed by atoms with Gasteiger partial charge in [-0.15, -0.1) is 0 Å². The van der Waals surface area contributed by atoms with E-state index in [9.17, 15) is 9.59 Å². The number of rotatable bonds is 4. The highest BCUT2D eigenvalue weighted by Crippen LogP contribution is 2.23. The van der Waals surface area contributed by atoms with Gasteiger partial charge < -0.3 is 16.2 Å². The first-order valence-corrected chi connectivity index (χ1v) is 5.84. The van der Waals surface area contributed by atoms with E-state index in [1.165, 1.54) is 18.2 Å². The lowest BCUT2D eigenvalue weighted by Gasteiger charge is -2.11. The van der Waals surface area contributed by atoms with Crippen molar-refractivity contribution in [3.05, 3.63) is 28.2 Å². The molecule has 0 aliphatic rings. The predicted molar refractivity (Wildman–Crippen MR) is 68.0 cm³/mol. The Hall–Kier alpha value is -1.40. The number of amides is 1. The van der Waals surface area contributed by atoms with E-state index < -0.39 is 12.0 Å². The van der Waals surface area contributed by atoms with Gasteiger partial charge in [-0.2, -0.15) is 0 Å². The van der Waals surface area contributed by atoms with Crippen LogP contribution in [-0.2, 0) is 4.79 Å². The average Bonchev–Trinajstić information content (AvgIpc) is 2.30. The molecule has 5 nitrogen and oxygen atoms in total. The van der Waals surface area contributed by atoms with Crippen LogP contribution < -0.4 is 11.1 Å². The first kappa shape index (κ1) is 13.7. The predicted octanol–water partition coefficient (Wildman–Crippen LogP) is 1.82. The second-order valence-electron chi connectivity index (χ2n) is 3.50. The molecule has 1 atom stereocenters. The zero-order chi connectivity index (χ0) is 13.0. The first-order chi connectivity index (χ1) is 7.95. The minimum atomic E-state index is -1.02. The van der Waals surface area contributed by atoms with Crippen molar-refractivity contribution in [1.29, 1.82) is 0 Å². The summed E-state index contributed by atoms with van der Waals surface area (Å²) in [6.45, 7) is 1.81. The Kier molecular flexibility index (Phi) is 4.65. The number of nitrogens with two attached hydrogens (primary N) is 1. The molecule has 0 saturated heterocycles. The molecular weight excluding hydrogens is 288 g/mol. The summed E-state index contributed by atoms with van der Waals surface area (Å²) in [6.07, 6.45) is 0.538. The number of hydrogen-bond acceptors (Lipinski definition) is 3. The minimum absolute atomic E-state index is 0.148. The molecule has 0 aromatic heterocycles. The van der Waals surface area contributed by atoms with Gasteiger partial charge in [-0.1, -0.05) is 6.92 Å². The first-order valence-electron chi connectivity index (χ1n) is 5.05. The molecule has 1 amide bonds. The number of carbonyl (C=O) groups is 2. The molecule has 0 bridgehead atoms. The summed E-state index contributed by atoms with van der Waals surface area (Å²) < 4.78 is 0.508. The number of anilines is 1. The van der Waals surface area contributed by atoms with Crippen molar-refractivity contribution in [1.82, 2.24) is 0 Å². The Bertz CT molecular complexity index is 448. The summed E-state index contributed by atoms with van der Waals surface area (Å²) in [5.74, 6) is -1.31. The molecule has 0 radical (unpaired) electrons. The van der Waals surface area contributed by atoms with Gasteiger partial charge in [0.2, 0.25) is 5.91 Å². The average molecular weight is 301 g/mol. The molecule has 17 heavy (non-hydrogen) atoms. The maximum absolute atomic E-state index is 11.5. The van der Waals surface area contributed by atoms with E-state index in [0.29, 0.717) is 16.6 Å². The van der Waals surface area contributed by atoms with Gasteiger partial charge in [0.05, 0.1) is 17.3 Å². The lowest BCUT2D eigenvalue weighted by molar-refractivity contribution is -0.117. The van der Waals surface area contributed by atoms with Crippen molar-refractivity contribution in [3.8, 4) is 0 Å². The number of carboxylic acid groups (broad SMARTS) is 1. The van der Waals surface area contributed by atoms with Crippen LogP contribution in [0.2, 0.25) is 0 Å². The highest BCUT2D eigenvalue weighted by Gasteiger charge is 2.13. The third-order valence-electron chi connectivity index (χ3n) is 2.25. The largest absolute Gasteiger partial charge is 0.478 e. The van der Waals surface area contributed by atoms with Crippen LogP contribution in [0.3, 0.4) is 0 Å². The standard InChI is InChI=1S/C11H13BrN2O3/c1-2-8(13)10(15)14-9-4-3-6(11(16)17)5-7(9)12/h3-5,8H,2,13H2,1H3,(H,14,15)(H,16,17). The second kappa shape index (κ2) is 5.79. The molecule has 4 N–H and O–H groups in total. The summed E-state index contributed by atoms with van der Waals surface area (Å²) in [5.41, 5.74) is 6.22.